The molecule has 0 amide bonds. The molecule has 2 aromatic carbocycles. The molecule has 4 fully saturated rings. The quantitative estimate of drug-likeness (QED) is 0.813. The number of benzene rings is 2. The first-order valence-corrected chi connectivity index (χ1v) is 10.6. The van der Waals surface area contributed by atoms with Crippen LogP contribution in [0.4, 0.5) is 5.69 Å². The maximum atomic E-state index is 5.99. The van der Waals surface area contributed by atoms with Crippen LogP contribution < -0.4 is 11.1 Å². The average Bonchev–Trinajstić information content (AvgIpc) is 3.12. The fourth-order valence-electron chi connectivity index (χ4n) is 6.12. The van der Waals surface area contributed by atoms with Crippen molar-refractivity contribution in [2.75, 3.05) is 31.9 Å². The van der Waals surface area contributed by atoms with Gasteiger partial charge in [0.1, 0.15) is 0 Å². The van der Waals surface area contributed by atoms with Crippen LogP contribution in [0.3, 0.4) is 0 Å². The Hall–Kier alpha value is -1.84. The average molecular weight is 362 g/mol. The third-order valence-electron chi connectivity index (χ3n) is 7.44. The molecule has 142 valence electrons. The van der Waals surface area contributed by atoms with Crippen LogP contribution in [0, 0.1) is 5.92 Å². The summed E-state index contributed by atoms with van der Waals surface area (Å²) in [5.74, 6) is 1.87. The summed E-state index contributed by atoms with van der Waals surface area (Å²) in [7, 11) is 0. The molecule has 0 radical (unpaired) electrons. The summed E-state index contributed by atoms with van der Waals surface area (Å²) in [6.07, 6.45) is 5.28. The molecule has 4 aliphatic rings. The summed E-state index contributed by atoms with van der Waals surface area (Å²) in [5.41, 5.74) is 10.1. The lowest BCUT2D eigenvalue weighted by molar-refractivity contribution is 0.0543. The van der Waals surface area contributed by atoms with Gasteiger partial charge in [0.15, 0.2) is 0 Å². The van der Waals surface area contributed by atoms with Crippen LogP contribution in [0.2, 0.25) is 0 Å². The molecule has 0 spiro atoms. The molecule has 2 bridgehead atoms. The van der Waals surface area contributed by atoms with Crippen LogP contribution in [-0.2, 0) is 0 Å². The zero-order valence-electron chi connectivity index (χ0n) is 16.1. The second-order valence-corrected chi connectivity index (χ2v) is 8.91. The highest BCUT2D eigenvalue weighted by Crippen LogP contribution is 2.53. The number of nitrogens with two attached hydrogens (primary N) is 1. The van der Waals surface area contributed by atoms with Crippen molar-refractivity contribution in [1.82, 2.24) is 10.2 Å². The van der Waals surface area contributed by atoms with Gasteiger partial charge in [-0.25, -0.2) is 0 Å². The fraction of sp³-hybridized carbons (Fsp3) is 0.500. The molecule has 1 saturated carbocycles. The molecule has 6 rings (SSSR count). The van der Waals surface area contributed by atoms with E-state index in [9.17, 15) is 0 Å². The van der Waals surface area contributed by atoms with Crippen molar-refractivity contribution in [2.45, 2.75) is 43.1 Å². The summed E-state index contributed by atoms with van der Waals surface area (Å²) in [6, 6.07) is 20.0. The Bertz CT molecular complexity index is 766. The van der Waals surface area contributed by atoms with E-state index in [1.54, 1.807) is 0 Å². The summed E-state index contributed by atoms with van der Waals surface area (Å²) >= 11 is 0. The Morgan fingerprint density at radius 1 is 0.852 bits per heavy atom. The van der Waals surface area contributed by atoms with E-state index in [2.05, 4.69) is 64.8 Å². The van der Waals surface area contributed by atoms with Gasteiger partial charge < -0.3 is 11.1 Å². The highest BCUT2D eigenvalue weighted by atomic mass is 15.2. The first-order chi connectivity index (χ1) is 13.3. The minimum Gasteiger partial charge on any atom is -0.399 e. The van der Waals surface area contributed by atoms with Gasteiger partial charge in [0, 0.05) is 17.8 Å². The largest absolute Gasteiger partial charge is 0.399 e. The first-order valence-electron chi connectivity index (χ1n) is 10.6. The van der Waals surface area contributed by atoms with E-state index in [1.807, 2.05) is 0 Å². The Morgan fingerprint density at radius 2 is 1.48 bits per heavy atom. The molecular formula is C24H31N3. The number of hydrogen-bond acceptors (Lipinski definition) is 3. The van der Waals surface area contributed by atoms with Crippen molar-refractivity contribution in [3.05, 3.63) is 65.7 Å². The van der Waals surface area contributed by atoms with Crippen molar-refractivity contribution < 1.29 is 0 Å². The van der Waals surface area contributed by atoms with Gasteiger partial charge in [-0.1, -0.05) is 42.5 Å². The highest BCUT2D eigenvalue weighted by Gasteiger charge is 2.51. The Labute approximate surface area is 162 Å². The van der Waals surface area contributed by atoms with Crippen molar-refractivity contribution in [2.24, 2.45) is 5.92 Å². The van der Waals surface area contributed by atoms with Gasteiger partial charge in [-0.15, -0.1) is 0 Å². The van der Waals surface area contributed by atoms with E-state index in [4.69, 9.17) is 5.73 Å². The van der Waals surface area contributed by atoms with Gasteiger partial charge in [0.05, 0.1) is 0 Å². The van der Waals surface area contributed by atoms with Gasteiger partial charge in [0.2, 0.25) is 0 Å². The fourth-order valence-corrected chi connectivity index (χ4v) is 6.12. The second-order valence-electron chi connectivity index (χ2n) is 8.91. The number of anilines is 1. The number of nitrogens with one attached hydrogen (secondary N) is 1. The van der Waals surface area contributed by atoms with E-state index in [1.165, 1.54) is 49.9 Å². The minimum absolute atomic E-state index is 0.288. The third kappa shape index (κ3) is 3.07. The molecule has 3 aliphatic heterocycles. The summed E-state index contributed by atoms with van der Waals surface area (Å²) in [6.45, 7) is 4.78. The number of nitrogens with zero attached hydrogens (tertiary/aromatic N) is 1. The van der Waals surface area contributed by atoms with Crippen LogP contribution >= 0.6 is 0 Å². The molecule has 4 atom stereocenters. The Kier molecular flexibility index (Phi) is 4.45. The first kappa shape index (κ1) is 17.3. The summed E-state index contributed by atoms with van der Waals surface area (Å²) in [4.78, 5) is 2.82. The molecule has 4 unspecified atom stereocenters. The normalized spacial score (nSPS) is 33.9. The van der Waals surface area contributed by atoms with Gasteiger partial charge in [0.25, 0.3) is 0 Å². The van der Waals surface area contributed by atoms with Gasteiger partial charge in [-0.05, 0) is 86.3 Å². The monoisotopic (exact) mass is 361 g/mol. The minimum atomic E-state index is 0.288. The van der Waals surface area contributed by atoms with E-state index in [0.29, 0.717) is 17.8 Å². The lowest BCUT2D eigenvalue weighted by atomic mass is 9.61. The number of nitrogen functional groups attached to an aromatic ring is 1. The number of likely N-dealkylation sites (tertiary alicyclic amines) is 1. The Balaban J connectivity index is 1.58. The predicted molar refractivity (Wildman–Crippen MR) is 112 cm³/mol. The second kappa shape index (κ2) is 6.96. The molecule has 3 nitrogen and oxygen atoms in total. The molecule has 3 heteroatoms. The maximum Gasteiger partial charge on any atom is 0.0345 e. The highest BCUT2D eigenvalue weighted by molar-refractivity contribution is 5.41. The predicted octanol–water partition coefficient (Wildman–Crippen LogP) is 3.98. The molecule has 3 saturated heterocycles. The molecule has 2 aromatic rings. The van der Waals surface area contributed by atoms with Crippen LogP contribution in [0.15, 0.2) is 54.6 Å². The number of hydrogen-bond donors (Lipinski definition) is 2. The van der Waals surface area contributed by atoms with E-state index in [0.717, 1.165) is 18.8 Å². The topological polar surface area (TPSA) is 41.3 Å². The molecule has 3 N–H and O–H groups in total. The van der Waals surface area contributed by atoms with E-state index >= 15 is 0 Å². The molecule has 1 aliphatic carbocycles. The molecule has 27 heavy (non-hydrogen) atoms. The van der Waals surface area contributed by atoms with Gasteiger partial charge in [-0.2, -0.15) is 0 Å². The third-order valence-corrected chi connectivity index (χ3v) is 7.44. The van der Waals surface area contributed by atoms with Crippen LogP contribution in [0.5, 0.6) is 0 Å². The van der Waals surface area contributed by atoms with Crippen LogP contribution in [-0.4, -0.2) is 36.6 Å². The van der Waals surface area contributed by atoms with E-state index < -0.39 is 0 Å². The lowest BCUT2D eigenvalue weighted by Gasteiger charge is -2.50. The van der Waals surface area contributed by atoms with Crippen molar-refractivity contribution in [3.8, 4) is 0 Å². The van der Waals surface area contributed by atoms with Crippen molar-refractivity contribution in [1.29, 1.82) is 0 Å². The molecular weight excluding hydrogens is 330 g/mol. The summed E-state index contributed by atoms with van der Waals surface area (Å²) < 4.78 is 0. The lowest BCUT2D eigenvalue weighted by Crippen LogP contribution is -2.55. The van der Waals surface area contributed by atoms with Crippen molar-refractivity contribution >= 4 is 5.69 Å². The maximum absolute atomic E-state index is 5.99. The van der Waals surface area contributed by atoms with Crippen LogP contribution in [0.1, 0.15) is 48.6 Å². The standard InChI is InChI=1S/C24H31N3/c25-20-10-8-19(9-11-20)22-15-24(27-12-4-5-13-27)14-21(23(22)16-26-17-24)18-6-2-1-3-7-18/h1-3,6-11,21-23,26H,4-5,12-17,25H2. The van der Waals surface area contributed by atoms with E-state index in [-0.39, 0.29) is 5.54 Å². The van der Waals surface area contributed by atoms with Crippen LogP contribution in [0.25, 0.3) is 0 Å². The Morgan fingerprint density at radius 3 is 2.15 bits per heavy atom. The molecule has 3 heterocycles. The molecule has 0 aromatic heterocycles. The number of rotatable bonds is 3. The SMILES string of the molecule is Nc1ccc(C2CC3(N4CCCC4)CNCC2C(c2ccccc2)C3)cc1. The number of fused-ring (bicyclic) bond motifs is 4. The van der Waals surface area contributed by atoms with Gasteiger partial charge in [-0.3, -0.25) is 4.90 Å². The zero-order chi connectivity index (χ0) is 18.3. The smallest absolute Gasteiger partial charge is 0.0345 e. The zero-order valence-corrected chi connectivity index (χ0v) is 16.1. The van der Waals surface area contributed by atoms with Gasteiger partial charge >= 0.3 is 0 Å². The summed E-state index contributed by atoms with van der Waals surface area (Å²) in [5, 5.41) is 3.87. The van der Waals surface area contributed by atoms with Crippen molar-refractivity contribution in [3.63, 3.8) is 0 Å².